The van der Waals surface area contributed by atoms with Gasteiger partial charge < -0.3 is 18.9 Å². The first-order chi connectivity index (χ1) is 17.9. The standard InChI is InChI=1S/C18H26O3.C13H16O3/c1-3-4-5-6-7-8-15-21-18(19)14-11-16-9-12-17(20-2)13-10-16;1-10(2)16-13(14)9-6-11-4-7-12(15-3)8-5-11/h9-14H,3-8,15H2,1-2H3;4-10H,1-3H3/b14-11+;9-6+. The molecule has 6 nitrogen and oxygen atoms in total. The Hall–Kier alpha value is -3.54. The molecule has 0 aliphatic carbocycles. The van der Waals surface area contributed by atoms with Gasteiger partial charge in [-0.3, -0.25) is 0 Å². The molecule has 0 atom stereocenters. The van der Waals surface area contributed by atoms with Gasteiger partial charge in [-0.25, -0.2) is 9.59 Å². The number of hydrogen-bond donors (Lipinski definition) is 0. The molecular formula is C31H42O6. The first-order valence-electron chi connectivity index (χ1n) is 12.9. The minimum atomic E-state index is -0.328. The fraction of sp³-hybridized carbons (Fsp3) is 0.419. The van der Waals surface area contributed by atoms with E-state index in [0.717, 1.165) is 35.5 Å². The number of benzene rings is 2. The van der Waals surface area contributed by atoms with Gasteiger partial charge >= 0.3 is 11.9 Å². The van der Waals surface area contributed by atoms with Gasteiger partial charge in [0.1, 0.15) is 11.5 Å². The molecule has 0 amide bonds. The van der Waals surface area contributed by atoms with Crippen LogP contribution in [0, 0.1) is 0 Å². The van der Waals surface area contributed by atoms with Gasteiger partial charge in [0.05, 0.1) is 26.9 Å². The molecule has 0 saturated heterocycles. The highest BCUT2D eigenvalue weighted by molar-refractivity contribution is 5.87. The largest absolute Gasteiger partial charge is 0.497 e. The Morgan fingerprint density at radius 3 is 1.62 bits per heavy atom. The van der Waals surface area contributed by atoms with Crippen LogP contribution in [0.3, 0.4) is 0 Å². The van der Waals surface area contributed by atoms with Crippen molar-refractivity contribution in [2.45, 2.75) is 65.4 Å². The Labute approximate surface area is 222 Å². The van der Waals surface area contributed by atoms with Crippen molar-refractivity contribution in [1.29, 1.82) is 0 Å². The van der Waals surface area contributed by atoms with Crippen molar-refractivity contribution in [3.63, 3.8) is 0 Å². The minimum Gasteiger partial charge on any atom is -0.497 e. The Morgan fingerprint density at radius 1 is 0.703 bits per heavy atom. The number of carbonyl (C=O) groups excluding carboxylic acids is 2. The molecule has 0 radical (unpaired) electrons. The average Bonchev–Trinajstić information content (AvgIpc) is 2.91. The van der Waals surface area contributed by atoms with Gasteiger partial charge in [-0.2, -0.15) is 0 Å². The highest BCUT2D eigenvalue weighted by Crippen LogP contribution is 2.13. The van der Waals surface area contributed by atoms with E-state index >= 15 is 0 Å². The zero-order valence-electron chi connectivity index (χ0n) is 22.9. The molecule has 0 bridgehead atoms. The van der Waals surface area contributed by atoms with E-state index in [0.29, 0.717) is 6.61 Å². The van der Waals surface area contributed by atoms with Crippen molar-refractivity contribution in [3.8, 4) is 11.5 Å². The van der Waals surface area contributed by atoms with Crippen LogP contribution in [0.5, 0.6) is 11.5 Å². The minimum absolute atomic E-state index is 0.0898. The Kier molecular flexibility index (Phi) is 16.7. The van der Waals surface area contributed by atoms with Gasteiger partial charge in [-0.1, -0.05) is 63.3 Å². The summed E-state index contributed by atoms with van der Waals surface area (Å²) in [5, 5.41) is 0. The predicted octanol–water partition coefficient (Wildman–Crippen LogP) is 7.27. The number of esters is 2. The molecule has 0 heterocycles. The van der Waals surface area contributed by atoms with E-state index in [1.54, 1.807) is 26.4 Å². The SMILES string of the molecule is CCCCCCCCOC(=O)/C=C/c1ccc(OC)cc1.COc1ccc(/C=C/C(=O)OC(C)C)cc1. The van der Waals surface area contributed by atoms with Crippen LogP contribution >= 0.6 is 0 Å². The van der Waals surface area contributed by atoms with Crippen molar-refractivity contribution in [2.75, 3.05) is 20.8 Å². The summed E-state index contributed by atoms with van der Waals surface area (Å²) in [6, 6.07) is 15.0. The van der Waals surface area contributed by atoms with Crippen LogP contribution in [-0.2, 0) is 19.1 Å². The van der Waals surface area contributed by atoms with Crippen molar-refractivity contribution in [1.82, 2.24) is 0 Å². The first-order valence-corrected chi connectivity index (χ1v) is 12.9. The van der Waals surface area contributed by atoms with E-state index in [-0.39, 0.29) is 18.0 Å². The lowest BCUT2D eigenvalue weighted by atomic mass is 10.1. The van der Waals surface area contributed by atoms with Crippen molar-refractivity contribution >= 4 is 24.1 Å². The summed E-state index contributed by atoms with van der Waals surface area (Å²) < 4.78 is 20.2. The smallest absolute Gasteiger partial charge is 0.331 e. The lowest BCUT2D eigenvalue weighted by Crippen LogP contribution is -2.08. The van der Waals surface area contributed by atoms with E-state index in [9.17, 15) is 9.59 Å². The molecule has 37 heavy (non-hydrogen) atoms. The maximum Gasteiger partial charge on any atom is 0.331 e. The average molecular weight is 511 g/mol. The summed E-state index contributed by atoms with van der Waals surface area (Å²) >= 11 is 0. The molecule has 202 valence electrons. The van der Waals surface area contributed by atoms with Crippen molar-refractivity contribution < 1.29 is 28.5 Å². The van der Waals surface area contributed by atoms with Crippen LogP contribution in [0.4, 0.5) is 0 Å². The number of hydrogen-bond acceptors (Lipinski definition) is 6. The summed E-state index contributed by atoms with van der Waals surface area (Å²) in [5.74, 6) is 0.991. The van der Waals surface area contributed by atoms with Gasteiger partial charge in [0.25, 0.3) is 0 Å². The summed E-state index contributed by atoms with van der Waals surface area (Å²) in [4.78, 5) is 22.8. The normalized spacial score (nSPS) is 10.8. The second-order valence-electron chi connectivity index (χ2n) is 8.63. The second kappa shape index (κ2) is 19.6. The van der Waals surface area contributed by atoms with Crippen molar-refractivity contribution in [2.24, 2.45) is 0 Å². The van der Waals surface area contributed by atoms with Crippen LogP contribution in [0.1, 0.15) is 70.4 Å². The van der Waals surface area contributed by atoms with E-state index in [2.05, 4.69) is 6.92 Å². The van der Waals surface area contributed by atoms with Crippen LogP contribution < -0.4 is 9.47 Å². The molecule has 2 aromatic carbocycles. The third kappa shape index (κ3) is 15.9. The second-order valence-corrected chi connectivity index (χ2v) is 8.63. The van der Waals surface area contributed by atoms with Gasteiger partial charge in [0.15, 0.2) is 0 Å². The molecule has 2 rings (SSSR count). The summed E-state index contributed by atoms with van der Waals surface area (Å²) in [5.41, 5.74) is 1.88. The Bertz CT molecular complexity index is 943. The first kappa shape index (κ1) is 31.5. The molecule has 0 spiro atoms. The maximum absolute atomic E-state index is 11.5. The molecule has 0 aromatic heterocycles. The van der Waals surface area contributed by atoms with Gasteiger partial charge in [-0.15, -0.1) is 0 Å². The number of methoxy groups -OCH3 is 2. The van der Waals surface area contributed by atoms with Crippen LogP contribution in [-0.4, -0.2) is 38.9 Å². The molecule has 0 N–H and O–H groups in total. The van der Waals surface area contributed by atoms with Gasteiger partial charge in [0, 0.05) is 12.2 Å². The van der Waals surface area contributed by atoms with Crippen LogP contribution in [0.25, 0.3) is 12.2 Å². The molecule has 6 heteroatoms. The molecule has 0 aliphatic rings. The third-order valence-corrected chi connectivity index (χ3v) is 5.15. The fourth-order valence-corrected chi connectivity index (χ4v) is 3.13. The zero-order valence-corrected chi connectivity index (χ0v) is 22.9. The van der Waals surface area contributed by atoms with E-state index in [1.807, 2.05) is 62.4 Å². The lowest BCUT2D eigenvalue weighted by molar-refractivity contribution is -0.141. The van der Waals surface area contributed by atoms with Crippen LogP contribution in [0.15, 0.2) is 60.7 Å². The van der Waals surface area contributed by atoms with Gasteiger partial charge in [0.2, 0.25) is 0 Å². The number of rotatable bonds is 14. The number of carbonyl (C=O) groups is 2. The van der Waals surface area contributed by atoms with Gasteiger partial charge in [-0.05, 0) is 67.8 Å². The van der Waals surface area contributed by atoms with Crippen LogP contribution in [0.2, 0.25) is 0 Å². The molecule has 2 aromatic rings. The molecular weight excluding hydrogens is 468 g/mol. The highest BCUT2D eigenvalue weighted by Gasteiger charge is 2.00. The zero-order chi connectivity index (χ0) is 27.3. The summed E-state index contributed by atoms with van der Waals surface area (Å²) in [6.45, 7) is 6.35. The molecule has 0 unspecified atom stereocenters. The third-order valence-electron chi connectivity index (χ3n) is 5.15. The predicted molar refractivity (Wildman–Crippen MR) is 150 cm³/mol. The van der Waals surface area contributed by atoms with E-state index in [1.165, 1.54) is 37.8 Å². The maximum atomic E-state index is 11.5. The molecule has 0 saturated carbocycles. The lowest BCUT2D eigenvalue weighted by Gasteiger charge is -2.04. The fourth-order valence-electron chi connectivity index (χ4n) is 3.13. The Morgan fingerprint density at radius 2 is 1.16 bits per heavy atom. The topological polar surface area (TPSA) is 71.1 Å². The quantitative estimate of drug-likeness (QED) is 0.151. The monoisotopic (exact) mass is 510 g/mol. The summed E-state index contributed by atoms with van der Waals surface area (Å²) in [6.07, 6.45) is 13.4. The summed E-state index contributed by atoms with van der Waals surface area (Å²) in [7, 11) is 3.25. The molecule has 0 aliphatic heterocycles. The van der Waals surface area contributed by atoms with E-state index in [4.69, 9.17) is 18.9 Å². The van der Waals surface area contributed by atoms with E-state index < -0.39 is 0 Å². The highest BCUT2D eigenvalue weighted by atomic mass is 16.5. The van der Waals surface area contributed by atoms with Crippen molar-refractivity contribution in [3.05, 3.63) is 71.8 Å². The number of ether oxygens (including phenoxy) is 4. The number of unbranched alkanes of at least 4 members (excludes halogenated alkanes) is 5. The Balaban J connectivity index is 0.000000384. The molecule has 0 fully saturated rings.